The molecule has 36 heavy (non-hydrogen) atoms. The second-order valence-electron chi connectivity index (χ2n) is 9.31. The third kappa shape index (κ3) is 5.50. The molecule has 0 unspecified atom stereocenters. The highest BCUT2D eigenvalue weighted by molar-refractivity contribution is 6.46. The predicted octanol–water partition coefficient (Wildman–Crippen LogP) is 4.95. The number of Topliss-reactive ketones (excluding diaryl/α,β-unsaturated/α-hetero) is 1. The number of aryl methyl sites for hydroxylation is 1. The largest absolute Gasteiger partial charge is 0.507 e. The van der Waals surface area contributed by atoms with Crippen LogP contribution in [0.4, 0.5) is 0 Å². The van der Waals surface area contributed by atoms with Gasteiger partial charge < -0.3 is 19.6 Å². The van der Waals surface area contributed by atoms with Crippen molar-refractivity contribution >= 4 is 17.4 Å². The molecule has 1 aliphatic heterocycles. The maximum Gasteiger partial charge on any atom is 0.295 e. The van der Waals surface area contributed by atoms with Crippen molar-refractivity contribution in [1.29, 1.82) is 0 Å². The van der Waals surface area contributed by atoms with Crippen LogP contribution in [-0.4, -0.2) is 53.8 Å². The lowest BCUT2D eigenvalue weighted by Crippen LogP contribution is -2.32. The lowest BCUT2D eigenvalue weighted by molar-refractivity contribution is -0.139. The highest BCUT2D eigenvalue weighted by Crippen LogP contribution is 2.39. The number of likely N-dealkylation sites (tertiary alicyclic amines) is 1. The van der Waals surface area contributed by atoms with E-state index in [1.54, 1.807) is 23.1 Å². The SMILES string of the molecule is Cc1cc(/C(O)=C2\C(=O)C(=O)N(CCCN(C)C)[C@H]2c2ccccc2)ccc1OCc1ccccc1. The van der Waals surface area contributed by atoms with Gasteiger partial charge in [0.2, 0.25) is 0 Å². The first-order chi connectivity index (χ1) is 17.4. The zero-order chi connectivity index (χ0) is 25.7. The van der Waals surface area contributed by atoms with Gasteiger partial charge in [-0.05, 0) is 68.9 Å². The predicted molar refractivity (Wildman–Crippen MR) is 141 cm³/mol. The van der Waals surface area contributed by atoms with Gasteiger partial charge in [-0.2, -0.15) is 0 Å². The van der Waals surface area contributed by atoms with Crippen LogP contribution in [0.5, 0.6) is 5.75 Å². The molecule has 3 aromatic rings. The lowest BCUT2D eigenvalue weighted by atomic mass is 9.95. The van der Waals surface area contributed by atoms with E-state index in [0.29, 0.717) is 24.5 Å². The number of rotatable bonds is 9. The number of benzene rings is 3. The summed E-state index contributed by atoms with van der Waals surface area (Å²) in [6, 6.07) is 24.0. The molecule has 1 amide bonds. The first-order valence-corrected chi connectivity index (χ1v) is 12.1. The molecule has 1 N–H and O–H groups in total. The van der Waals surface area contributed by atoms with Crippen LogP contribution in [0.25, 0.3) is 5.76 Å². The number of aliphatic hydroxyl groups is 1. The summed E-state index contributed by atoms with van der Waals surface area (Å²) in [6.07, 6.45) is 0.718. The van der Waals surface area contributed by atoms with Gasteiger partial charge in [0, 0.05) is 12.1 Å². The van der Waals surface area contributed by atoms with Gasteiger partial charge in [0.15, 0.2) is 0 Å². The smallest absolute Gasteiger partial charge is 0.295 e. The molecule has 1 atom stereocenters. The van der Waals surface area contributed by atoms with Gasteiger partial charge in [0.05, 0.1) is 11.6 Å². The fourth-order valence-electron chi connectivity index (χ4n) is 4.50. The zero-order valence-electron chi connectivity index (χ0n) is 21.0. The number of aliphatic hydroxyl groups excluding tert-OH is 1. The summed E-state index contributed by atoms with van der Waals surface area (Å²) >= 11 is 0. The molecule has 6 nitrogen and oxygen atoms in total. The molecule has 6 heteroatoms. The highest BCUT2D eigenvalue weighted by atomic mass is 16.5. The van der Waals surface area contributed by atoms with E-state index in [4.69, 9.17) is 4.74 Å². The maximum atomic E-state index is 13.2. The van der Waals surface area contributed by atoms with Gasteiger partial charge in [0.25, 0.3) is 11.7 Å². The van der Waals surface area contributed by atoms with Crippen molar-refractivity contribution in [3.63, 3.8) is 0 Å². The van der Waals surface area contributed by atoms with Crippen molar-refractivity contribution in [2.75, 3.05) is 27.2 Å². The van der Waals surface area contributed by atoms with E-state index in [2.05, 4.69) is 0 Å². The van der Waals surface area contributed by atoms with Gasteiger partial charge >= 0.3 is 0 Å². The van der Waals surface area contributed by atoms with E-state index in [0.717, 1.165) is 29.7 Å². The average molecular weight is 485 g/mol. The van der Waals surface area contributed by atoms with Crippen LogP contribution >= 0.6 is 0 Å². The van der Waals surface area contributed by atoms with Crippen LogP contribution < -0.4 is 4.74 Å². The molecule has 0 aromatic heterocycles. The minimum atomic E-state index is -0.659. The van der Waals surface area contributed by atoms with E-state index >= 15 is 0 Å². The van der Waals surface area contributed by atoms with E-state index in [-0.39, 0.29) is 11.3 Å². The molecule has 0 saturated carbocycles. The number of ketones is 1. The number of ether oxygens (including phenoxy) is 1. The number of hydrogen-bond acceptors (Lipinski definition) is 5. The van der Waals surface area contributed by atoms with Crippen LogP contribution in [0.3, 0.4) is 0 Å². The fraction of sp³-hybridized carbons (Fsp3) is 0.267. The van der Waals surface area contributed by atoms with E-state index in [1.165, 1.54) is 0 Å². The summed E-state index contributed by atoms with van der Waals surface area (Å²) in [5.41, 5.74) is 3.27. The van der Waals surface area contributed by atoms with Crippen molar-refractivity contribution in [1.82, 2.24) is 9.80 Å². The second-order valence-corrected chi connectivity index (χ2v) is 9.31. The molecule has 0 bridgehead atoms. The second kappa shape index (κ2) is 11.2. The monoisotopic (exact) mass is 484 g/mol. The van der Waals surface area contributed by atoms with Crippen LogP contribution in [0, 0.1) is 6.92 Å². The Balaban J connectivity index is 1.66. The Hall–Kier alpha value is -3.90. The van der Waals surface area contributed by atoms with Crippen molar-refractivity contribution in [2.45, 2.75) is 26.0 Å². The maximum absolute atomic E-state index is 13.2. The number of nitrogens with zero attached hydrogens (tertiary/aromatic N) is 2. The van der Waals surface area contributed by atoms with Gasteiger partial charge in [0.1, 0.15) is 18.1 Å². The third-order valence-corrected chi connectivity index (χ3v) is 6.35. The normalized spacial score (nSPS) is 17.1. The zero-order valence-corrected chi connectivity index (χ0v) is 21.0. The summed E-state index contributed by atoms with van der Waals surface area (Å²) in [5, 5.41) is 11.3. The molecular formula is C30H32N2O4. The van der Waals surface area contributed by atoms with Crippen molar-refractivity contribution < 1.29 is 19.4 Å². The highest BCUT2D eigenvalue weighted by Gasteiger charge is 2.45. The topological polar surface area (TPSA) is 70.1 Å². The van der Waals surface area contributed by atoms with Gasteiger partial charge in [-0.25, -0.2) is 0 Å². The molecule has 1 saturated heterocycles. The summed E-state index contributed by atoms with van der Waals surface area (Å²) < 4.78 is 5.96. The van der Waals surface area contributed by atoms with Crippen molar-refractivity contribution in [3.05, 3.63) is 107 Å². The van der Waals surface area contributed by atoms with E-state index < -0.39 is 17.7 Å². The Morgan fingerprint density at radius 2 is 1.64 bits per heavy atom. The molecular weight excluding hydrogens is 452 g/mol. The van der Waals surface area contributed by atoms with Gasteiger partial charge in [-0.15, -0.1) is 0 Å². The Labute approximate surface area is 212 Å². The average Bonchev–Trinajstić information content (AvgIpc) is 3.13. The minimum Gasteiger partial charge on any atom is -0.507 e. The van der Waals surface area contributed by atoms with Crippen LogP contribution in [0.15, 0.2) is 84.4 Å². The van der Waals surface area contributed by atoms with Crippen molar-refractivity contribution in [3.8, 4) is 5.75 Å². The number of amides is 1. The molecule has 0 spiro atoms. The lowest BCUT2D eigenvalue weighted by Gasteiger charge is -2.26. The fourth-order valence-corrected chi connectivity index (χ4v) is 4.50. The Morgan fingerprint density at radius 3 is 2.28 bits per heavy atom. The number of hydrogen-bond donors (Lipinski definition) is 1. The minimum absolute atomic E-state index is 0.119. The van der Waals surface area contributed by atoms with Gasteiger partial charge in [-0.3, -0.25) is 9.59 Å². The third-order valence-electron chi connectivity index (χ3n) is 6.35. The Kier molecular flexibility index (Phi) is 7.86. The summed E-state index contributed by atoms with van der Waals surface area (Å²) in [4.78, 5) is 29.8. The quantitative estimate of drug-likeness (QED) is 0.264. The summed E-state index contributed by atoms with van der Waals surface area (Å²) in [6.45, 7) is 3.53. The molecule has 1 heterocycles. The molecule has 4 rings (SSSR count). The van der Waals surface area contributed by atoms with E-state index in [1.807, 2.05) is 86.6 Å². The molecule has 186 valence electrons. The standard InChI is InChI=1S/C30H32N2O4/c1-21-19-24(15-16-25(21)36-20-22-11-6-4-7-12-22)28(33)26-27(23-13-8-5-9-14-23)32(30(35)29(26)34)18-10-17-31(2)3/h4-9,11-16,19,27,33H,10,17-18,20H2,1-3H3/b28-26+/t27-/m0/s1. The molecule has 1 aliphatic rings. The van der Waals surface area contributed by atoms with Crippen LogP contribution in [-0.2, 0) is 16.2 Å². The Bertz CT molecular complexity index is 1250. The first-order valence-electron chi connectivity index (χ1n) is 12.1. The van der Waals surface area contributed by atoms with Crippen LogP contribution in [0.1, 0.15) is 34.7 Å². The summed E-state index contributed by atoms with van der Waals surface area (Å²) in [5.74, 6) is -0.717. The number of carbonyl (C=O) groups is 2. The molecule has 0 aliphatic carbocycles. The molecule has 1 fully saturated rings. The van der Waals surface area contributed by atoms with Crippen molar-refractivity contribution in [2.24, 2.45) is 0 Å². The molecule has 0 radical (unpaired) electrons. The first kappa shape index (κ1) is 25.2. The number of carbonyl (C=O) groups excluding carboxylic acids is 2. The molecule has 3 aromatic carbocycles. The van der Waals surface area contributed by atoms with Gasteiger partial charge in [-0.1, -0.05) is 60.7 Å². The van der Waals surface area contributed by atoms with Crippen LogP contribution in [0.2, 0.25) is 0 Å². The summed E-state index contributed by atoms with van der Waals surface area (Å²) in [7, 11) is 3.94. The van der Waals surface area contributed by atoms with E-state index in [9.17, 15) is 14.7 Å². The Morgan fingerprint density at radius 1 is 0.972 bits per heavy atom.